The van der Waals surface area contributed by atoms with Gasteiger partial charge in [0, 0.05) is 23.5 Å². The van der Waals surface area contributed by atoms with Crippen LogP contribution >= 0.6 is 0 Å². The van der Waals surface area contributed by atoms with Crippen molar-refractivity contribution in [3.8, 4) is 11.4 Å². The molecule has 2 aromatic heterocycles. The monoisotopic (exact) mass is 232 g/mol. The molecule has 0 radical (unpaired) electrons. The summed E-state index contributed by atoms with van der Waals surface area (Å²) in [6.45, 7) is 4.35. The van der Waals surface area contributed by atoms with Crippen LogP contribution in [0.4, 0.5) is 0 Å². The van der Waals surface area contributed by atoms with Crippen LogP contribution in [0.1, 0.15) is 17.0 Å². The highest BCUT2D eigenvalue weighted by molar-refractivity contribution is 5.44. The lowest BCUT2D eigenvalue weighted by Crippen LogP contribution is -2.09. The summed E-state index contributed by atoms with van der Waals surface area (Å²) in [7, 11) is 1.62. The van der Waals surface area contributed by atoms with E-state index in [-0.39, 0.29) is 0 Å². The first-order valence-corrected chi connectivity index (χ1v) is 5.42. The van der Waals surface area contributed by atoms with Crippen molar-refractivity contribution in [1.82, 2.24) is 14.8 Å². The van der Waals surface area contributed by atoms with Crippen LogP contribution in [0.15, 0.2) is 18.5 Å². The molecule has 0 aliphatic rings. The second-order valence-electron chi connectivity index (χ2n) is 3.88. The van der Waals surface area contributed by atoms with E-state index in [0.29, 0.717) is 6.54 Å². The minimum Gasteiger partial charge on any atom is -0.493 e. The number of methoxy groups -OCH3 is 1. The number of nitrogens with zero attached hydrogens (tertiary/aromatic N) is 3. The average molecular weight is 232 g/mol. The minimum absolute atomic E-state index is 0.441. The summed E-state index contributed by atoms with van der Waals surface area (Å²) in [4.78, 5) is 4.41. The number of hydrogen-bond donors (Lipinski definition) is 1. The van der Waals surface area contributed by atoms with Crippen molar-refractivity contribution >= 4 is 0 Å². The van der Waals surface area contributed by atoms with Crippen LogP contribution in [0.25, 0.3) is 5.69 Å². The lowest BCUT2D eigenvalue weighted by molar-refractivity contribution is 0.414. The molecule has 5 nitrogen and oxygen atoms in total. The van der Waals surface area contributed by atoms with Crippen LogP contribution in [0.2, 0.25) is 0 Å². The first-order valence-electron chi connectivity index (χ1n) is 5.42. The topological polar surface area (TPSA) is 66.0 Å². The Hall–Kier alpha value is -1.88. The third-order valence-corrected chi connectivity index (χ3v) is 2.68. The van der Waals surface area contributed by atoms with Crippen molar-refractivity contribution in [1.29, 1.82) is 0 Å². The number of ether oxygens (including phenoxy) is 1. The molecular formula is C12H16N4O. The van der Waals surface area contributed by atoms with Gasteiger partial charge in [-0.3, -0.25) is 4.98 Å². The van der Waals surface area contributed by atoms with Crippen LogP contribution in [-0.4, -0.2) is 21.9 Å². The van der Waals surface area contributed by atoms with Gasteiger partial charge in [0.05, 0.1) is 25.2 Å². The van der Waals surface area contributed by atoms with Gasteiger partial charge in [0.15, 0.2) is 5.75 Å². The number of aromatic nitrogens is 3. The predicted molar refractivity (Wildman–Crippen MR) is 65.3 cm³/mol. The number of nitrogens with two attached hydrogens (primary N) is 1. The Kier molecular flexibility index (Phi) is 3.10. The molecule has 90 valence electrons. The highest BCUT2D eigenvalue weighted by Gasteiger charge is 2.10. The smallest absolute Gasteiger partial charge is 0.157 e. The summed E-state index contributed by atoms with van der Waals surface area (Å²) in [5, 5.41) is 4.26. The molecule has 2 heterocycles. The lowest BCUT2D eigenvalue weighted by atomic mass is 10.1. The highest BCUT2D eigenvalue weighted by Crippen LogP contribution is 2.20. The summed E-state index contributed by atoms with van der Waals surface area (Å²) in [6, 6.07) is 1.97. The zero-order valence-electron chi connectivity index (χ0n) is 10.3. The molecule has 0 amide bonds. The molecule has 0 saturated heterocycles. The maximum atomic E-state index is 5.77. The van der Waals surface area contributed by atoms with Crippen LogP contribution < -0.4 is 10.5 Å². The van der Waals surface area contributed by atoms with Gasteiger partial charge in [-0.25, -0.2) is 4.68 Å². The quantitative estimate of drug-likeness (QED) is 0.867. The number of rotatable bonds is 3. The maximum Gasteiger partial charge on any atom is 0.157 e. The van der Waals surface area contributed by atoms with Crippen molar-refractivity contribution in [3.05, 3.63) is 35.4 Å². The fraction of sp³-hybridized carbons (Fsp3) is 0.333. The Morgan fingerprint density at radius 2 is 2.18 bits per heavy atom. The third-order valence-electron chi connectivity index (χ3n) is 2.68. The Bertz CT molecular complexity index is 533. The van der Waals surface area contributed by atoms with Gasteiger partial charge in [0.1, 0.15) is 0 Å². The van der Waals surface area contributed by atoms with Crippen LogP contribution in [0.3, 0.4) is 0 Å². The van der Waals surface area contributed by atoms with Gasteiger partial charge in [-0.2, -0.15) is 5.10 Å². The van der Waals surface area contributed by atoms with E-state index < -0.39 is 0 Å². The standard InChI is InChI=1S/C12H16N4O/c1-8-4-12(11(5-13)9(2)15-8)16-7-10(17-3)6-14-16/h4,6-7H,5,13H2,1-3H3. The van der Waals surface area contributed by atoms with Crippen LogP contribution in [-0.2, 0) is 6.54 Å². The largest absolute Gasteiger partial charge is 0.493 e. The molecule has 2 N–H and O–H groups in total. The lowest BCUT2D eigenvalue weighted by Gasteiger charge is -2.11. The number of hydrogen-bond acceptors (Lipinski definition) is 4. The van der Waals surface area contributed by atoms with E-state index in [2.05, 4.69) is 10.1 Å². The second kappa shape index (κ2) is 4.55. The van der Waals surface area contributed by atoms with Crippen molar-refractivity contribution < 1.29 is 4.74 Å². The molecule has 0 spiro atoms. The van der Waals surface area contributed by atoms with Crippen molar-refractivity contribution in [3.63, 3.8) is 0 Å². The second-order valence-corrected chi connectivity index (χ2v) is 3.88. The maximum absolute atomic E-state index is 5.77. The Labute approximate surface area is 100 Å². The van der Waals surface area contributed by atoms with Crippen molar-refractivity contribution in [2.45, 2.75) is 20.4 Å². The van der Waals surface area contributed by atoms with Gasteiger partial charge in [0.2, 0.25) is 0 Å². The van der Waals surface area contributed by atoms with E-state index in [4.69, 9.17) is 10.5 Å². The van der Waals surface area contributed by atoms with E-state index >= 15 is 0 Å². The predicted octanol–water partition coefficient (Wildman–Crippen LogP) is 1.35. The highest BCUT2D eigenvalue weighted by atomic mass is 16.5. The molecule has 2 aromatic rings. The molecule has 0 aliphatic heterocycles. The number of pyridine rings is 1. The summed E-state index contributed by atoms with van der Waals surface area (Å²) in [6.07, 6.45) is 3.50. The molecule has 2 rings (SSSR count). The first-order chi connectivity index (χ1) is 8.15. The number of aryl methyl sites for hydroxylation is 2. The van der Waals surface area contributed by atoms with Gasteiger partial charge in [-0.15, -0.1) is 0 Å². The molecule has 0 atom stereocenters. The van der Waals surface area contributed by atoms with Gasteiger partial charge in [-0.1, -0.05) is 0 Å². The summed E-state index contributed by atoms with van der Waals surface area (Å²) >= 11 is 0. The minimum atomic E-state index is 0.441. The Balaban J connectivity index is 2.57. The fourth-order valence-corrected chi connectivity index (χ4v) is 1.83. The van der Waals surface area contributed by atoms with Crippen molar-refractivity contribution in [2.24, 2.45) is 5.73 Å². The zero-order valence-corrected chi connectivity index (χ0v) is 10.3. The molecule has 0 unspecified atom stereocenters. The van der Waals surface area contributed by atoms with Crippen LogP contribution in [0.5, 0.6) is 5.75 Å². The molecule has 0 fully saturated rings. The molecular weight excluding hydrogens is 216 g/mol. The van der Waals surface area contributed by atoms with E-state index in [1.165, 1.54) is 0 Å². The molecule has 5 heteroatoms. The van der Waals surface area contributed by atoms with Crippen LogP contribution in [0, 0.1) is 13.8 Å². The third kappa shape index (κ3) is 2.14. The van der Waals surface area contributed by atoms with E-state index in [0.717, 1.165) is 28.4 Å². The van der Waals surface area contributed by atoms with Gasteiger partial charge in [0.25, 0.3) is 0 Å². The molecule has 0 aliphatic carbocycles. The van der Waals surface area contributed by atoms with Gasteiger partial charge in [-0.05, 0) is 19.9 Å². The van der Waals surface area contributed by atoms with E-state index in [1.54, 1.807) is 18.0 Å². The van der Waals surface area contributed by atoms with Gasteiger partial charge < -0.3 is 10.5 Å². The molecule has 0 aromatic carbocycles. The molecule has 0 saturated carbocycles. The van der Waals surface area contributed by atoms with E-state index in [1.807, 2.05) is 26.1 Å². The zero-order chi connectivity index (χ0) is 12.4. The molecule has 0 bridgehead atoms. The Morgan fingerprint density at radius 3 is 2.76 bits per heavy atom. The fourth-order valence-electron chi connectivity index (χ4n) is 1.83. The summed E-state index contributed by atoms with van der Waals surface area (Å²) in [5.74, 6) is 0.722. The normalized spacial score (nSPS) is 10.6. The summed E-state index contributed by atoms with van der Waals surface area (Å²) in [5.41, 5.74) is 9.62. The first kappa shape index (κ1) is 11.6. The van der Waals surface area contributed by atoms with E-state index in [9.17, 15) is 0 Å². The Morgan fingerprint density at radius 1 is 1.41 bits per heavy atom. The average Bonchev–Trinajstić information content (AvgIpc) is 2.76. The summed E-state index contributed by atoms with van der Waals surface area (Å²) < 4.78 is 6.89. The SMILES string of the molecule is COc1cnn(-c2cc(C)nc(C)c2CN)c1. The van der Waals surface area contributed by atoms with Gasteiger partial charge >= 0.3 is 0 Å². The van der Waals surface area contributed by atoms with Crippen molar-refractivity contribution in [2.75, 3.05) is 7.11 Å². The molecule has 17 heavy (non-hydrogen) atoms.